The van der Waals surface area contributed by atoms with Crippen molar-refractivity contribution in [2.24, 2.45) is 0 Å². The number of aromatic amines is 1. The van der Waals surface area contributed by atoms with Gasteiger partial charge in [-0.2, -0.15) is 5.26 Å². The van der Waals surface area contributed by atoms with Gasteiger partial charge >= 0.3 is 0 Å². The SMILES string of the molecule is Cc1nc(C=C(C#N)C(=O)NC(C)C)[nH]c1C. The van der Waals surface area contributed by atoms with Crippen LogP contribution in [0.4, 0.5) is 0 Å². The highest BCUT2D eigenvalue weighted by Gasteiger charge is 2.11. The lowest BCUT2D eigenvalue weighted by molar-refractivity contribution is -0.117. The number of aryl methyl sites for hydroxylation is 2. The summed E-state index contributed by atoms with van der Waals surface area (Å²) in [6, 6.07) is 1.87. The second-order valence-electron chi connectivity index (χ2n) is 4.13. The van der Waals surface area contributed by atoms with Crippen LogP contribution in [0.1, 0.15) is 31.1 Å². The van der Waals surface area contributed by atoms with Crippen LogP contribution in [-0.2, 0) is 4.79 Å². The number of rotatable bonds is 3. The van der Waals surface area contributed by atoms with Gasteiger partial charge in [0.15, 0.2) is 0 Å². The number of nitrogens with one attached hydrogen (secondary N) is 2. The van der Waals surface area contributed by atoms with Gasteiger partial charge in [0.25, 0.3) is 5.91 Å². The number of nitrogens with zero attached hydrogens (tertiary/aromatic N) is 2. The first-order valence-electron chi connectivity index (χ1n) is 5.40. The van der Waals surface area contributed by atoms with Crippen molar-refractivity contribution < 1.29 is 4.79 Å². The van der Waals surface area contributed by atoms with Gasteiger partial charge in [-0.25, -0.2) is 4.98 Å². The normalized spacial score (nSPS) is 11.4. The summed E-state index contributed by atoms with van der Waals surface area (Å²) < 4.78 is 0. The summed E-state index contributed by atoms with van der Waals surface area (Å²) in [5.74, 6) is 0.143. The maximum Gasteiger partial charge on any atom is 0.262 e. The molecule has 5 heteroatoms. The highest BCUT2D eigenvalue weighted by atomic mass is 16.1. The molecule has 90 valence electrons. The lowest BCUT2D eigenvalue weighted by atomic mass is 10.2. The molecule has 1 amide bonds. The summed E-state index contributed by atoms with van der Waals surface area (Å²) in [5, 5.41) is 11.6. The maximum atomic E-state index is 11.6. The van der Waals surface area contributed by atoms with Crippen molar-refractivity contribution in [3.63, 3.8) is 0 Å². The predicted molar refractivity (Wildman–Crippen MR) is 64.9 cm³/mol. The molecule has 1 aromatic rings. The minimum absolute atomic E-state index is 0.000627. The van der Waals surface area contributed by atoms with E-state index in [1.165, 1.54) is 6.08 Å². The topological polar surface area (TPSA) is 81.6 Å². The molecular formula is C12H16N4O. The first-order chi connectivity index (χ1) is 7.93. The number of nitriles is 1. The molecule has 0 spiro atoms. The summed E-state index contributed by atoms with van der Waals surface area (Å²) in [5.41, 5.74) is 1.84. The zero-order valence-corrected chi connectivity index (χ0v) is 10.5. The van der Waals surface area contributed by atoms with Gasteiger partial charge < -0.3 is 10.3 Å². The number of amides is 1. The van der Waals surface area contributed by atoms with Gasteiger partial charge in [0, 0.05) is 17.8 Å². The molecule has 1 heterocycles. The lowest BCUT2D eigenvalue weighted by Crippen LogP contribution is -2.30. The van der Waals surface area contributed by atoms with E-state index in [9.17, 15) is 4.79 Å². The molecule has 0 aliphatic heterocycles. The van der Waals surface area contributed by atoms with E-state index < -0.39 is 0 Å². The molecule has 17 heavy (non-hydrogen) atoms. The second kappa shape index (κ2) is 5.30. The van der Waals surface area contributed by atoms with Gasteiger partial charge in [-0.05, 0) is 27.7 Å². The Morgan fingerprint density at radius 1 is 1.53 bits per heavy atom. The molecule has 0 unspecified atom stereocenters. The Morgan fingerprint density at radius 3 is 2.59 bits per heavy atom. The zero-order chi connectivity index (χ0) is 13.0. The minimum atomic E-state index is -0.380. The van der Waals surface area contributed by atoms with Gasteiger partial charge in [0.1, 0.15) is 17.5 Å². The van der Waals surface area contributed by atoms with E-state index in [2.05, 4.69) is 15.3 Å². The van der Waals surface area contributed by atoms with Crippen LogP contribution in [0, 0.1) is 25.2 Å². The smallest absolute Gasteiger partial charge is 0.262 e. The van der Waals surface area contributed by atoms with E-state index in [-0.39, 0.29) is 17.5 Å². The fourth-order valence-electron chi connectivity index (χ4n) is 1.27. The van der Waals surface area contributed by atoms with Crippen molar-refractivity contribution in [2.45, 2.75) is 33.7 Å². The van der Waals surface area contributed by atoms with Crippen LogP contribution >= 0.6 is 0 Å². The van der Waals surface area contributed by atoms with Crippen LogP contribution in [-0.4, -0.2) is 21.9 Å². The molecule has 0 aliphatic carbocycles. The molecule has 0 bridgehead atoms. The van der Waals surface area contributed by atoms with Gasteiger partial charge in [-0.1, -0.05) is 0 Å². The number of carbonyl (C=O) groups is 1. The molecule has 0 saturated heterocycles. The summed E-state index contributed by atoms with van der Waals surface area (Å²) in [6.45, 7) is 7.44. The fraction of sp³-hybridized carbons (Fsp3) is 0.417. The molecule has 0 atom stereocenters. The molecule has 5 nitrogen and oxygen atoms in total. The van der Waals surface area contributed by atoms with Gasteiger partial charge in [0.2, 0.25) is 0 Å². The maximum absolute atomic E-state index is 11.6. The molecule has 0 radical (unpaired) electrons. The number of aromatic nitrogens is 2. The average Bonchev–Trinajstić information content (AvgIpc) is 2.53. The van der Waals surface area contributed by atoms with Crippen molar-refractivity contribution >= 4 is 12.0 Å². The Kier molecular flexibility index (Phi) is 4.05. The van der Waals surface area contributed by atoms with E-state index in [1.807, 2.05) is 33.8 Å². The largest absolute Gasteiger partial charge is 0.349 e. The number of hydrogen-bond acceptors (Lipinski definition) is 3. The fourth-order valence-corrected chi connectivity index (χ4v) is 1.27. The molecule has 0 fully saturated rings. The van der Waals surface area contributed by atoms with Crippen LogP contribution in [0.25, 0.3) is 6.08 Å². The van der Waals surface area contributed by atoms with E-state index in [0.29, 0.717) is 5.82 Å². The van der Waals surface area contributed by atoms with E-state index in [1.54, 1.807) is 0 Å². The molecule has 2 N–H and O–H groups in total. The first kappa shape index (κ1) is 13.0. The van der Waals surface area contributed by atoms with Crippen molar-refractivity contribution in [1.29, 1.82) is 5.26 Å². The molecular weight excluding hydrogens is 216 g/mol. The molecule has 0 aliphatic rings. The summed E-state index contributed by atoms with van der Waals surface area (Å²) in [6.07, 6.45) is 1.46. The standard InChI is InChI=1S/C12H16N4O/c1-7(2)14-12(17)10(6-13)5-11-15-8(3)9(4)16-11/h5,7H,1-4H3,(H,14,17)(H,15,16). The van der Waals surface area contributed by atoms with E-state index in [0.717, 1.165) is 11.4 Å². The quantitative estimate of drug-likeness (QED) is 0.611. The Bertz CT molecular complexity index is 472. The number of hydrogen-bond donors (Lipinski definition) is 2. The van der Waals surface area contributed by atoms with Crippen LogP contribution in [0.3, 0.4) is 0 Å². The monoisotopic (exact) mass is 232 g/mol. The lowest BCUT2D eigenvalue weighted by Gasteiger charge is -2.06. The highest BCUT2D eigenvalue weighted by molar-refractivity contribution is 6.01. The number of imidazole rings is 1. The number of carbonyl (C=O) groups excluding carboxylic acids is 1. The molecule has 0 saturated carbocycles. The molecule has 0 aromatic carbocycles. The third kappa shape index (κ3) is 3.45. The predicted octanol–water partition coefficient (Wildman–Crippen LogP) is 1.46. The third-order valence-corrected chi connectivity index (χ3v) is 2.21. The van der Waals surface area contributed by atoms with E-state index >= 15 is 0 Å². The van der Waals surface area contributed by atoms with Crippen LogP contribution in [0.15, 0.2) is 5.57 Å². The van der Waals surface area contributed by atoms with Gasteiger partial charge in [0.05, 0.1) is 5.69 Å². The highest BCUT2D eigenvalue weighted by Crippen LogP contribution is 2.07. The summed E-state index contributed by atoms with van der Waals surface area (Å²) >= 11 is 0. The Morgan fingerprint density at radius 2 is 2.18 bits per heavy atom. The Labute approximate surface area is 101 Å². The van der Waals surface area contributed by atoms with Crippen LogP contribution in [0.5, 0.6) is 0 Å². The van der Waals surface area contributed by atoms with Crippen molar-refractivity contribution in [3.8, 4) is 6.07 Å². The van der Waals surface area contributed by atoms with Crippen LogP contribution in [0.2, 0.25) is 0 Å². The van der Waals surface area contributed by atoms with Gasteiger partial charge in [-0.3, -0.25) is 4.79 Å². The summed E-state index contributed by atoms with van der Waals surface area (Å²) in [7, 11) is 0. The van der Waals surface area contributed by atoms with E-state index in [4.69, 9.17) is 5.26 Å². The van der Waals surface area contributed by atoms with Crippen molar-refractivity contribution in [2.75, 3.05) is 0 Å². The molecule has 1 aromatic heterocycles. The second-order valence-corrected chi connectivity index (χ2v) is 4.13. The Hall–Kier alpha value is -2.09. The number of H-pyrrole nitrogens is 1. The van der Waals surface area contributed by atoms with Gasteiger partial charge in [-0.15, -0.1) is 0 Å². The first-order valence-corrected chi connectivity index (χ1v) is 5.40. The van der Waals surface area contributed by atoms with Crippen molar-refractivity contribution in [3.05, 3.63) is 22.8 Å². The molecule has 1 rings (SSSR count). The minimum Gasteiger partial charge on any atom is -0.349 e. The zero-order valence-electron chi connectivity index (χ0n) is 10.5. The summed E-state index contributed by atoms with van der Waals surface area (Å²) in [4.78, 5) is 18.8. The Balaban J connectivity index is 2.95. The average molecular weight is 232 g/mol. The van der Waals surface area contributed by atoms with Crippen LogP contribution < -0.4 is 5.32 Å². The third-order valence-electron chi connectivity index (χ3n) is 2.21. The van der Waals surface area contributed by atoms with Crippen molar-refractivity contribution in [1.82, 2.24) is 15.3 Å².